The Morgan fingerprint density at radius 3 is 2.71 bits per heavy atom. The Hall–Kier alpha value is -0.640. The third-order valence-corrected chi connectivity index (χ3v) is 3.07. The van der Waals surface area contributed by atoms with Gasteiger partial charge in [0, 0.05) is 30.2 Å². The molecule has 0 unspecified atom stereocenters. The Balaban J connectivity index is 2.70. The summed E-state index contributed by atoms with van der Waals surface area (Å²) in [4.78, 5) is 2.15. The predicted octanol–water partition coefficient (Wildman–Crippen LogP) is 3.04. The molecular formula is C13H20ClFN2. The van der Waals surface area contributed by atoms with Gasteiger partial charge in [-0.3, -0.25) is 4.90 Å². The maximum atomic E-state index is 13.6. The largest absolute Gasteiger partial charge is 0.329 e. The Kier molecular flexibility index (Phi) is 6.48. The summed E-state index contributed by atoms with van der Waals surface area (Å²) < 4.78 is 13.6. The van der Waals surface area contributed by atoms with Crippen LogP contribution in [0.4, 0.5) is 4.39 Å². The van der Waals surface area contributed by atoms with Crippen LogP contribution in [0, 0.1) is 5.82 Å². The molecule has 0 aliphatic rings. The molecule has 0 aliphatic heterocycles. The topological polar surface area (TPSA) is 29.3 Å². The van der Waals surface area contributed by atoms with Crippen LogP contribution in [0.15, 0.2) is 18.2 Å². The molecule has 4 heteroatoms. The van der Waals surface area contributed by atoms with Gasteiger partial charge in [0.25, 0.3) is 0 Å². The second-order valence-corrected chi connectivity index (χ2v) is 4.53. The first-order valence-corrected chi connectivity index (χ1v) is 6.42. The van der Waals surface area contributed by atoms with Gasteiger partial charge >= 0.3 is 0 Å². The molecule has 0 radical (unpaired) electrons. The van der Waals surface area contributed by atoms with Crippen molar-refractivity contribution in [3.8, 4) is 0 Å². The van der Waals surface area contributed by atoms with E-state index in [1.165, 1.54) is 6.07 Å². The first kappa shape index (κ1) is 14.4. The average Bonchev–Trinajstić information content (AvgIpc) is 2.31. The summed E-state index contributed by atoms with van der Waals surface area (Å²) in [6.45, 7) is 4.94. The van der Waals surface area contributed by atoms with Gasteiger partial charge < -0.3 is 5.73 Å². The molecule has 1 rings (SSSR count). The third-order valence-electron chi connectivity index (χ3n) is 2.72. The summed E-state index contributed by atoms with van der Waals surface area (Å²) in [5.41, 5.74) is 6.13. The van der Waals surface area contributed by atoms with Crippen molar-refractivity contribution in [3.63, 3.8) is 0 Å². The van der Waals surface area contributed by atoms with Crippen LogP contribution in [0.5, 0.6) is 0 Å². The van der Waals surface area contributed by atoms with Crippen LogP contribution in [0.1, 0.15) is 25.3 Å². The lowest BCUT2D eigenvalue weighted by atomic mass is 10.2. The molecule has 0 bridgehead atoms. The van der Waals surface area contributed by atoms with E-state index in [0.717, 1.165) is 25.9 Å². The molecule has 96 valence electrons. The lowest BCUT2D eigenvalue weighted by molar-refractivity contribution is 0.265. The van der Waals surface area contributed by atoms with Crippen molar-refractivity contribution in [1.82, 2.24) is 4.90 Å². The van der Waals surface area contributed by atoms with Crippen molar-refractivity contribution in [3.05, 3.63) is 34.6 Å². The number of nitrogens with zero attached hydrogens (tertiary/aromatic N) is 1. The van der Waals surface area contributed by atoms with Crippen molar-refractivity contribution in [2.24, 2.45) is 5.73 Å². The molecule has 0 atom stereocenters. The summed E-state index contributed by atoms with van der Waals surface area (Å²) in [6, 6.07) is 4.79. The molecule has 0 saturated carbocycles. The molecule has 0 aliphatic carbocycles. The summed E-state index contributed by atoms with van der Waals surface area (Å²) in [5.74, 6) is -0.240. The highest BCUT2D eigenvalue weighted by Gasteiger charge is 2.11. The number of unbranched alkanes of at least 4 members (excludes halogenated alkanes) is 1. The number of benzene rings is 1. The van der Waals surface area contributed by atoms with Crippen LogP contribution >= 0.6 is 11.6 Å². The highest BCUT2D eigenvalue weighted by atomic mass is 35.5. The van der Waals surface area contributed by atoms with E-state index in [0.29, 0.717) is 23.7 Å². The quantitative estimate of drug-likeness (QED) is 0.815. The van der Waals surface area contributed by atoms with E-state index < -0.39 is 0 Å². The number of halogens is 2. The molecule has 2 nitrogen and oxygen atoms in total. The van der Waals surface area contributed by atoms with Gasteiger partial charge in [-0.2, -0.15) is 0 Å². The van der Waals surface area contributed by atoms with Crippen molar-refractivity contribution < 1.29 is 4.39 Å². The fraction of sp³-hybridized carbons (Fsp3) is 0.538. The number of hydrogen-bond donors (Lipinski definition) is 1. The summed E-state index contributed by atoms with van der Waals surface area (Å²) in [7, 11) is 0. The van der Waals surface area contributed by atoms with Crippen molar-refractivity contribution in [1.29, 1.82) is 0 Å². The monoisotopic (exact) mass is 258 g/mol. The summed E-state index contributed by atoms with van der Waals surface area (Å²) >= 11 is 6.01. The molecule has 0 heterocycles. The Labute approximate surface area is 108 Å². The lowest BCUT2D eigenvalue weighted by Gasteiger charge is -2.22. The van der Waals surface area contributed by atoms with E-state index in [1.807, 2.05) is 0 Å². The van der Waals surface area contributed by atoms with Crippen LogP contribution in [-0.4, -0.2) is 24.5 Å². The number of nitrogens with two attached hydrogens (primary N) is 1. The van der Waals surface area contributed by atoms with Gasteiger partial charge in [-0.05, 0) is 25.1 Å². The van der Waals surface area contributed by atoms with E-state index >= 15 is 0 Å². The SMILES string of the molecule is CCCCN(CCN)Cc1c(F)cccc1Cl. The molecular weight excluding hydrogens is 239 g/mol. The van der Waals surface area contributed by atoms with Crippen LogP contribution in [0.3, 0.4) is 0 Å². The molecule has 1 aromatic rings. The molecule has 0 spiro atoms. The zero-order chi connectivity index (χ0) is 12.7. The fourth-order valence-corrected chi connectivity index (χ4v) is 1.96. The van der Waals surface area contributed by atoms with Crippen molar-refractivity contribution in [2.45, 2.75) is 26.3 Å². The summed E-state index contributed by atoms with van der Waals surface area (Å²) in [5, 5.41) is 0.489. The van der Waals surface area contributed by atoms with E-state index in [4.69, 9.17) is 17.3 Å². The maximum Gasteiger partial charge on any atom is 0.129 e. The standard InChI is InChI=1S/C13H20ClFN2/c1-2-3-8-17(9-7-16)10-11-12(14)5-4-6-13(11)15/h4-6H,2-3,7-10,16H2,1H3. The van der Waals surface area contributed by atoms with Gasteiger partial charge in [-0.15, -0.1) is 0 Å². The van der Waals surface area contributed by atoms with E-state index in [1.54, 1.807) is 12.1 Å². The second kappa shape index (κ2) is 7.64. The van der Waals surface area contributed by atoms with Crippen molar-refractivity contribution in [2.75, 3.05) is 19.6 Å². The Morgan fingerprint density at radius 2 is 2.12 bits per heavy atom. The van der Waals surface area contributed by atoms with Gasteiger partial charge in [0.05, 0.1) is 0 Å². The number of rotatable bonds is 7. The van der Waals surface area contributed by atoms with Gasteiger partial charge in [0.15, 0.2) is 0 Å². The first-order chi connectivity index (χ1) is 8.19. The maximum absolute atomic E-state index is 13.6. The highest BCUT2D eigenvalue weighted by Crippen LogP contribution is 2.20. The molecule has 0 amide bonds. The van der Waals surface area contributed by atoms with Gasteiger partial charge in [0.2, 0.25) is 0 Å². The predicted molar refractivity (Wildman–Crippen MR) is 70.6 cm³/mol. The minimum Gasteiger partial charge on any atom is -0.329 e. The van der Waals surface area contributed by atoms with Gasteiger partial charge in [-0.1, -0.05) is 31.0 Å². The van der Waals surface area contributed by atoms with Gasteiger partial charge in [0.1, 0.15) is 5.82 Å². The molecule has 17 heavy (non-hydrogen) atoms. The smallest absolute Gasteiger partial charge is 0.129 e. The molecule has 0 saturated heterocycles. The highest BCUT2D eigenvalue weighted by molar-refractivity contribution is 6.31. The van der Waals surface area contributed by atoms with E-state index in [2.05, 4.69) is 11.8 Å². The van der Waals surface area contributed by atoms with Crippen LogP contribution in [0.25, 0.3) is 0 Å². The zero-order valence-corrected chi connectivity index (χ0v) is 11.0. The minimum atomic E-state index is -0.240. The molecule has 2 N–H and O–H groups in total. The second-order valence-electron chi connectivity index (χ2n) is 4.12. The molecule has 0 aromatic heterocycles. The fourth-order valence-electron chi connectivity index (χ4n) is 1.74. The Morgan fingerprint density at radius 1 is 1.35 bits per heavy atom. The summed E-state index contributed by atoms with van der Waals surface area (Å²) in [6.07, 6.45) is 2.21. The normalized spacial score (nSPS) is 11.1. The molecule has 0 fully saturated rings. The van der Waals surface area contributed by atoms with Crippen molar-refractivity contribution >= 4 is 11.6 Å². The third kappa shape index (κ3) is 4.62. The first-order valence-electron chi connectivity index (χ1n) is 6.04. The van der Waals surface area contributed by atoms with Crippen LogP contribution in [-0.2, 0) is 6.54 Å². The van der Waals surface area contributed by atoms with E-state index in [9.17, 15) is 4.39 Å². The minimum absolute atomic E-state index is 0.240. The van der Waals surface area contributed by atoms with E-state index in [-0.39, 0.29) is 5.82 Å². The zero-order valence-electron chi connectivity index (χ0n) is 10.3. The average molecular weight is 259 g/mol. The Bertz CT molecular complexity index is 324. The molecule has 1 aromatic carbocycles. The van der Waals surface area contributed by atoms with Gasteiger partial charge in [-0.25, -0.2) is 4.39 Å². The van der Waals surface area contributed by atoms with Crippen LogP contribution in [0.2, 0.25) is 5.02 Å². The lowest BCUT2D eigenvalue weighted by Crippen LogP contribution is -2.30. The number of hydrogen-bond acceptors (Lipinski definition) is 2. The van der Waals surface area contributed by atoms with Crippen LogP contribution < -0.4 is 5.73 Å².